The van der Waals surface area contributed by atoms with Crippen LogP contribution in [0.25, 0.3) is 0 Å². The third kappa shape index (κ3) is 2.61. The summed E-state index contributed by atoms with van der Waals surface area (Å²) in [5.74, 6) is -1.68. The fourth-order valence-electron chi connectivity index (χ4n) is 1.84. The summed E-state index contributed by atoms with van der Waals surface area (Å²) in [6, 6.07) is 2.78. The van der Waals surface area contributed by atoms with E-state index in [0.29, 0.717) is 6.07 Å². The molecule has 19 heavy (non-hydrogen) atoms. The van der Waals surface area contributed by atoms with E-state index in [1.165, 1.54) is 24.3 Å². The summed E-state index contributed by atoms with van der Waals surface area (Å²) in [5.41, 5.74) is -2.12. The minimum atomic E-state index is -1.93. The Morgan fingerprint density at radius 3 is 2.68 bits per heavy atom. The molecule has 0 fully saturated rings. The topological polar surface area (TPSA) is 71.2 Å². The molecule has 0 bridgehead atoms. The third-order valence-electron chi connectivity index (χ3n) is 2.96. The van der Waals surface area contributed by atoms with Gasteiger partial charge in [-0.25, -0.2) is 18.4 Å². The third-order valence-corrected chi connectivity index (χ3v) is 2.96. The summed E-state index contributed by atoms with van der Waals surface area (Å²) < 4.78 is 27.9. The quantitative estimate of drug-likeness (QED) is 0.862. The van der Waals surface area contributed by atoms with Gasteiger partial charge in [0.1, 0.15) is 29.9 Å². The second kappa shape index (κ2) is 5.02. The molecule has 5 nitrogen and oxygen atoms in total. The smallest absolute Gasteiger partial charge is 0.137 e. The zero-order valence-corrected chi connectivity index (χ0v) is 10.2. The molecule has 2 aromatic rings. The molecule has 0 radical (unpaired) electrons. The second-order valence-corrected chi connectivity index (χ2v) is 4.32. The lowest BCUT2D eigenvalue weighted by atomic mass is 9.88. The lowest BCUT2D eigenvalue weighted by molar-refractivity contribution is -0.0874. The highest BCUT2D eigenvalue weighted by atomic mass is 19.1. The Labute approximate surface area is 108 Å². The van der Waals surface area contributed by atoms with E-state index in [1.54, 1.807) is 0 Å². The Balaban J connectivity index is 2.43. The van der Waals surface area contributed by atoms with Crippen molar-refractivity contribution in [2.24, 2.45) is 0 Å². The molecule has 0 unspecified atom stereocenters. The van der Waals surface area contributed by atoms with Crippen molar-refractivity contribution in [1.82, 2.24) is 14.8 Å². The predicted octanol–water partition coefficient (Wildman–Crippen LogP) is 0.825. The van der Waals surface area contributed by atoms with Gasteiger partial charge in [-0.15, -0.1) is 0 Å². The van der Waals surface area contributed by atoms with Crippen LogP contribution in [-0.4, -0.2) is 31.1 Å². The van der Waals surface area contributed by atoms with Gasteiger partial charge in [0.05, 0.1) is 12.6 Å². The lowest BCUT2D eigenvalue weighted by Crippen LogP contribution is -2.42. The second-order valence-electron chi connectivity index (χ2n) is 4.32. The Bertz CT molecular complexity index is 560. The first-order chi connectivity index (χ1) is 8.93. The Kier molecular flexibility index (Phi) is 3.59. The van der Waals surface area contributed by atoms with Crippen molar-refractivity contribution in [1.29, 1.82) is 0 Å². The fourth-order valence-corrected chi connectivity index (χ4v) is 1.84. The molecule has 1 aromatic heterocycles. The monoisotopic (exact) mass is 269 g/mol. The van der Waals surface area contributed by atoms with Crippen molar-refractivity contribution in [3.63, 3.8) is 0 Å². The van der Waals surface area contributed by atoms with Crippen molar-refractivity contribution in [3.8, 4) is 0 Å². The highest BCUT2D eigenvalue weighted by Gasteiger charge is 2.38. The molecule has 0 saturated carbocycles. The van der Waals surface area contributed by atoms with Crippen molar-refractivity contribution >= 4 is 0 Å². The van der Waals surface area contributed by atoms with Crippen molar-refractivity contribution in [3.05, 3.63) is 48.1 Å². The summed E-state index contributed by atoms with van der Waals surface area (Å²) in [4.78, 5) is 3.70. The first-order valence-electron chi connectivity index (χ1n) is 5.62. The SMILES string of the molecule is C[C@H](O)[C@](O)(Cn1cncn1)c1ccc(F)cc1F. The summed E-state index contributed by atoms with van der Waals surface area (Å²) in [5, 5.41) is 24.0. The van der Waals surface area contributed by atoms with Crippen LogP contribution in [0, 0.1) is 11.6 Å². The molecule has 7 heteroatoms. The number of nitrogens with zero attached hydrogens (tertiary/aromatic N) is 3. The number of aliphatic hydroxyl groups excluding tert-OH is 1. The van der Waals surface area contributed by atoms with Gasteiger partial charge in [0.25, 0.3) is 0 Å². The van der Waals surface area contributed by atoms with Crippen molar-refractivity contribution in [2.45, 2.75) is 25.2 Å². The minimum Gasteiger partial charge on any atom is -0.390 e. The van der Waals surface area contributed by atoms with Crippen LogP contribution in [0.15, 0.2) is 30.9 Å². The number of hydrogen-bond donors (Lipinski definition) is 2. The molecule has 0 amide bonds. The van der Waals surface area contributed by atoms with Gasteiger partial charge in [0, 0.05) is 11.6 Å². The van der Waals surface area contributed by atoms with E-state index >= 15 is 0 Å². The van der Waals surface area contributed by atoms with E-state index in [0.717, 1.165) is 12.1 Å². The maximum absolute atomic E-state index is 13.8. The minimum absolute atomic E-state index is 0.195. The molecule has 0 saturated heterocycles. The standard InChI is InChI=1S/C12H13F2N3O2/c1-8(18)12(19,5-17-7-15-6-16-17)10-3-2-9(13)4-11(10)14/h2-4,6-8,18-19H,5H2,1H3/t8-,12+/m0/s1. The van der Waals surface area contributed by atoms with Crippen LogP contribution in [0.3, 0.4) is 0 Å². The fraction of sp³-hybridized carbons (Fsp3) is 0.333. The molecular formula is C12H13F2N3O2. The van der Waals surface area contributed by atoms with Gasteiger partial charge < -0.3 is 10.2 Å². The Morgan fingerprint density at radius 2 is 2.16 bits per heavy atom. The molecule has 2 atom stereocenters. The number of hydrogen-bond acceptors (Lipinski definition) is 4. The van der Waals surface area contributed by atoms with Crippen molar-refractivity contribution < 1.29 is 19.0 Å². The molecule has 1 heterocycles. The van der Waals surface area contributed by atoms with E-state index in [-0.39, 0.29) is 12.1 Å². The van der Waals surface area contributed by atoms with Gasteiger partial charge in [-0.2, -0.15) is 5.10 Å². The maximum atomic E-state index is 13.8. The number of rotatable bonds is 4. The van der Waals surface area contributed by atoms with E-state index < -0.39 is 23.3 Å². The first-order valence-corrected chi connectivity index (χ1v) is 5.62. The molecule has 0 aliphatic rings. The number of halogens is 2. The van der Waals surface area contributed by atoms with Crippen molar-refractivity contribution in [2.75, 3.05) is 0 Å². The van der Waals surface area contributed by atoms with E-state index in [1.807, 2.05) is 0 Å². The van der Waals surface area contributed by atoms with Crippen LogP contribution in [-0.2, 0) is 12.1 Å². The van der Waals surface area contributed by atoms with Crippen LogP contribution in [0.1, 0.15) is 12.5 Å². The summed E-state index contributed by atoms with van der Waals surface area (Å²) in [7, 11) is 0. The summed E-state index contributed by atoms with van der Waals surface area (Å²) in [6.45, 7) is 1.12. The first kappa shape index (κ1) is 13.6. The van der Waals surface area contributed by atoms with Gasteiger partial charge in [-0.3, -0.25) is 0 Å². The average Bonchev–Trinajstić information content (AvgIpc) is 2.81. The molecule has 102 valence electrons. The molecule has 0 aliphatic heterocycles. The summed E-state index contributed by atoms with van der Waals surface area (Å²) in [6.07, 6.45) is 1.30. The predicted molar refractivity (Wildman–Crippen MR) is 62.0 cm³/mol. The number of aromatic nitrogens is 3. The Morgan fingerprint density at radius 1 is 1.42 bits per heavy atom. The van der Waals surface area contributed by atoms with Crippen LogP contribution in [0.5, 0.6) is 0 Å². The number of aliphatic hydroxyl groups is 2. The van der Waals surface area contributed by atoms with E-state index in [2.05, 4.69) is 10.1 Å². The normalized spacial score (nSPS) is 16.1. The Hall–Kier alpha value is -1.86. The molecule has 0 spiro atoms. The summed E-state index contributed by atoms with van der Waals surface area (Å²) >= 11 is 0. The zero-order chi connectivity index (χ0) is 14.0. The van der Waals surface area contributed by atoms with Crippen LogP contribution >= 0.6 is 0 Å². The van der Waals surface area contributed by atoms with E-state index in [9.17, 15) is 19.0 Å². The lowest BCUT2D eigenvalue weighted by Gasteiger charge is -2.31. The molecule has 2 rings (SSSR count). The van der Waals surface area contributed by atoms with Gasteiger partial charge in [-0.1, -0.05) is 6.07 Å². The van der Waals surface area contributed by atoms with Gasteiger partial charge in [0.15, 0.2) is 0 Å². The zero-order valence-electron chi connectivity index (χ0n) is 10.2. The molecule has 2 N–H and O–H groups in total. The van der Waals surface area contributed by atoms with Gasteiger partial charge in [0.2, 0.25) is 0 Å². The van der Waals surface area contributed by atoms with Crippen LogP contribution < -0.4 is 0 Å². The van der Waals surface area contributed by atoms with E-state index in [4.69, 9.17) is 0 Å². The highest BCUT2D eigenvalue weighted by Crippen LogP contribution is 2.29. The maximum Gasteiger partial charge on any atom is 0.137 e. The van der Waals surface area contributed by atoms with Gasteiger partial charge >= 0.3 is 0 Å². The molecule has 0 aliphatic carbocycles. The molecular weight excluding hydrogens is 256 g/mol. The largest absolute Gasteiger partial charge is 0.390 e. The molecule has 1 aromatic carbocycles. The highest BCUT2D eigenvalue weighted by molar-refractivity contribution is 5.26. The number of benzene rings is 1. The van der Waals surface area contributed by atoms with Gasteiger partial charge in [-0.05, 0) is 13.0 Å². The average molecular weight is 269 g/mol. The van der Waals surface area contributed by atoms with Crippen LogP contribution in [0.4, 0.5) is 8.78 Å². The van der Waals surface area contributed by atoms with Crippen LogP contribution in [0.2, 0.25) is 0 Å².